The zero-order chi connectivity index (χ0) is 13.7. The molecule has 104 valence electrons. The van der Waals surface area contributed by atoms with E-state index in [4.69, 9.17) is 4.74 Å². The highest BCUT2D eigenvalue weighted by atomic mass is 16.5. The molecule has 1 fully saturated rings. The summed E-state index contributed by atoms with van der Waals surface area (Å²) < 4.78 is 5.44. The Hall–Kier alpha value is -1.82. The Morgan fingerprint density at radius 1 is 1.53 bits per heavy atom. The number of pyridine rings is 1. The van der Waals surface area contributed by atoms with Crippen LogP contribution in [0.5, 0.6) is 0 Å². The van der Waals surface area contributed by atoms with E-state index in [0.717, 1.165) is 25.3 Å². The van der Waals surface area contributed by atoms with Gasteiger partial charge in [-0.15, -0.1) is 0 Å². The normalized spacial score (nSPS) is 18.1. The third-order valence-corrected chi connectivity index (χ3v) is 2.98. The molecule has 2 rings (SSSR count). The monoisotopic (exact) mass is 264 g/mol. The molecule has 0 radical (unpaired) electrons. The van der Waals surface area contributed by atoms with Crippen molar-refractivity contribution in [1.82, 2.24) is 10.3 Å². The molecule has 0 aromatic carbocycles. The van der Waals surface area contributed by atoms with Crippen molar-refractivity contribution >= 4 is 17.5 Å². The van der Waals surface area contributed by atoms with Gasteiger partial charge in [-0.1, -0.05) is 0 Å². The lowest BCUT2D eigenvalue weighted by atomic mass is 10.2. The third kappa shape index (κ3) is 4.10. The molecule has 1 aromatic rings. The van der Waals surface area contributed by atoms with Gasteiger partial charge in [0, 0.05) is 27.2 Å². The Balaban J connectivity index is 1.77. The minimum Gasteiger partial charge on any atom is -0.376 e. The fraction of sp³-hybridized carbons (Fsp3) is 0.538. The molecule has 0 aliphatic carbocycles. The van der Waals surface area contributed by atoms with Crippen molar-refractivity contribution < 1.29 is 9.53 Å². The summed E-state index contributed by atoms with van der Waals surface area (Å²) in [5.41, 5.74) is 0.676. The number of ether oxygens (including phenoxy) is 1. The average Bonchev–Trinajstić information content (AvgIpc) is 2.90. The summed E-state index contributed by atoms with van der Waals surface area (Å²) in [5, 5.41) is 5.54. The van der Waals surface area contributed by atoms with E-state index in [-0.39, 0.29) is 12.1 Å². The number of nitrogens with zero attached hydrogens (tertiary/aromatic N) is 2. The molecule has 6 heteroatoms. The van der Waals surface area contributed by atoms with E-state index in [0.29, 0.717) is 12.2 Å². The van der Waals surface area contributed by atoms with Gasteiger partial charge < -0.3 is 20.3 Å². The number of amides is 2. The van der Waals surface area contributed by atoms with Crippen molar-refractivity contribution in [1.29, 1.82) is 0 Å². The molecule has 0 bridgehead atoms. The zero-order valence-electron chi connectivity index (χ0n) is 11.3. The first-order chi connectivity index (χ1) is 9.15. The molecule has 1 saturated heterocycles. The number of hydrogen-bond donors (Lipinski definition) is 2. The van der Waals surface area contributed by atoms with Crippen LogP contribution in [0, 0.1) is 0 Å². The quantitative estimate of drug-likeness (QED) is 0.863. The van der Waals surface area contributed by atoms with Gasteiger partial charge in [0.25, 0.3) is 0 Å². The van der Waals surface area contributed by atoms with Gasteiger partial charge in [-0.3, -0.25) is 0 Å². The first kappa shape index (κ1) is 13.6. The predicted octanol–water partition coefficient (Wildman–Crippen LogP) is 1.45. The average molecular weight is 264 g/mol. The molecule has 1 aliphatic rings. The van der Waals surface area contributed by atoms with Crippen LogP contribution in [0.4, 0.5) is 16.3 Å². The maximum atomic E-state index is 11.7. The fourth-order valence-electron chi connectivity index (χ4n) is 1.91. The third-order valence-electron chi connectivity index (χ3n) is 2.98. The Morgan fingerprint density at radius 2 is 2.37 bits per heavy atom. The number of anilines is 2. The number of hydrogen-bond acceptors (Lipinski definition) is 4. The molecular formula is C13H20N4O2. The van der Waals surface area contributed by atoms with Crippen molar-refractivity contribution in [3.8, 4) is 0 Å². The number of rotatable bonds is 4. The molecular weight excluding hydrogens is 244 g/mol. The van der Waals surface area contributed by atoms with Crippen molar-refractivity contribution in [3.05, 3.63) is 18.3 Å². The summed E-state index contributed by atoms with van der Waals surface area (Å²) in [6.45, 7) is 1.35. The molecule has 2 heterocycles. The Bertz CT molecular complexity index is 413. The number of aromatic nitrogens is 1. The Labute approximate surface area is 113 Å². The lowest BCUT2D eigenvalue weighted by Crippen LogP contribution is -2.35. The Morgan fingerprint density at radius 3 is 2.95 bits per heavy atom. The van der Waals surface area contributed by atoms with Gasteiger partial charge in [0.05, 0.1) is 18.0 Å². The smallest absolute Gasteiger partial charge is 0.319 e. The van der Waals surface area contributed by atoms with Crippen LogP contribution in [-0.4, -0.2) is 44.4 Å². The largest absolute Gasteiger partial charge is 0.376 e. The van der Waals surface area contributed by atoms with Gasteiger partial charge in [0.15, 0.2) is 0 Å². The maximum absolute atomic E-state index is 11.7. The van der Waals surface area contributed by atoms with Gasteiger partial charge in [0.2, 0.25) is 0 Å². The maximum Gasteiger partial charge on any atom is 0.319 e. The highest BCUT2D eigenvalue weighted by Gasteiger charge is 2.16. The summed E-state index contributed by atoms with van der Waals surface area (Å²) >= 11 is 0. The predicted molar refractivity (Wildman–Crippen MR) is 74.6 cm³/mol. The number of urea groups is 1. The second-order valence-corrected chi connectivity index (χ2v) is 4.77. The molecule has 19 heavy (non-hydrogen) atoms. The minimum absolute atomic E-state index is 0.153. The first-order valence-corrected chi connectivity index (χ1v) is 6.45. The Kier molecular flexibility index (Phi) is 4.57. The molecule has 2 N–H and O–H groups in total. The van der Waals surface area contributed by atoms with E-state index in [1.54, 1.807) is 6.20 Å². The van der Waals surface area contributed by atoms with E-state index in [1.165, 1.54) is 0 Å². The van der Waals surface area contributed by atoms with Crippen molar-refractivity contribution in [2.45, 2.75) is 18.9 Å². The lowest BCUT2D eigenvalue weighted by Gasteiger charge is -2.13. The van der Waals surface area contributed by atoms with Crippen LogP contribution in [0.15, 0.2) is 18.3 Å². The van der Waals surface area contributed by atoms with Gasteiger partial charge >= 0.3 is 6.03 Å². The topological polar surface area (TPSA) is 66.5 Å². The second kappa shape index (κ2) is 6.38. The molecule has 1 aliphatic heterocycles. The van der Waals surface area contributed by atoms with Crippen LogP contribution in [0.1, 0.15) is 12.8 Å². The van der Waals surface area contributed by atoms with Crippen LogP contribution >= 0.6 is 0 Å². The molecule has 0 spiro atoms. The van der Waals surface area contributed by atoms with E-state index >= 15 is 0 Å². The standard InChI is InChI=1S/C13H20N4O2/c1-17(2)12-6-5-10(8-14-12)16-13(18)15-9-11-4-3-7-19-11/h5-6,8,11H,3-4,7,9H2,1-2H3,(H2,15,16,18)/t11-/m0/s1. The van der Waals surface area contributed by atoms with Crippen molar-refractivity contribution in [2.24, 2.45) is 0 Å². The molecule has 6 nitrogen and oxygen atoms in total. The van der Waals surface area contributed by atoms with E-state index in [2.05, 4.69) is 15.6 Å². The van der Waals surface area contributed by atoms with Crippen LogP contribution < -0.4 is 15.5 Å². The van der Waals surface area contributed by atoms with Gasteiger partial charge in [-0.25, -0.2) is 9.78 Å². The van der Waals surface area contributed by atoms with Gasteiger partial charge in [-0.2, -0.15) is 0 Å². The van der Waals surface area contributed by atoms with Crippen LogP contribution in [0.2, 0.25) is 0 Å². The van der Waals surface area contributed by atoms with E-state index in [1.807, 2.05) is 31.1 Å². The summed E-state index contributed by atoms with van der Waals surface area (Å²) in [7, 11) is 3.84. The molecule has 1 atom stereocenters. The van der Waals surface area contributed by atoms with Crippen LogP contribution in [-0.2, 0) is 4.74 Å². The fourth-order valence-corrected chi connectivity index (χ4v) is 1.91. The van der Waals surface area contributed by atoms with E-state index < -0.39 is 0 Å². The number of nitrogens with one attached hydrogen (secondary N) is 2. The number of carbonyl (C=O) groups is 1. The summed E-state index contributed by atoms with van der Waals surface area (Å²) in [4.78, 5) is 17.8. The summed E-state index contributed by atoms with van der Waals surface area (Å²) in [6, 6.07) is 3.46. The second-order valence-electron chi connectivity index (χ2n) is 4.77. The van der Waals surface area contributed by atoms with E-state index in [9.17, 15) is 4.79 Å². The van der Waals surface area contributed by atoms with Crippen molar-refractivity contribution in [2.75, 3.05) is 37.5 Å². The highest BCUT2D eigenvalue weighted by molar-refractivity contribution is 5.89. The first-order valence-electron chi connectivity index (χ1n) is 6.45. The van der Waals surface area contributed by atoms with Crippen molar-refractivity contribution in [3.63, 3.8) is 0 Å². The SMILES string of the molecule is CN(C)c1ccc(NC(=O)NC[C@@H]2CCCO2)cn1. The molecule has 0 saturated carbocycles. The zero-order valence-corrected chi connectivity index (χ0v) is 11.3. The molecule has 0 unspecified atom stereocenters. The minimum atomic E-state index is -0.227. The van der Waals surface area contributed by atoms with Crippen LogP contribution in [0.3, 0.4) is 0 Å². The molecule has 2 amide bonds. The van der Waals surface area contributed by atoms with Crippen LogP contribution in [0.25, 0.3) is 0 Å². The van der Waals surface area contributed by atoms with Gasteiger partial charge in [-0.05, 0) is 25.0 Å². The lowest BCUT2D eigenvalue weighted by molar-refractivity contribution is 0.112. The summed E-state index contributed by atoms with van der Waals surface area (Å²) in [6.07, 6.45) is 3.88. The van der Waals surface area contributed by atoms with Gasteiger partial charge in [0.1, 0.15) is 5.82 Å². The number of carbonyl (C=O) groups excluding carboxylic acids is 1. The molecule has 1 aromatic heterocycles. The highest BCUT2D eigenvalue weighted by Crippen LogP contribution is 2.12. The summed E-state index contributed by atoms with van der Waals surface area (Å²) in [5.74, 6) is 0.852.